The second-order valence-corrected chi connectivity index (χ2v) is 8.40. The zero-order valence-electron chi connectivity index (χ0n) is 15.2. The Morgan fingerprint density at radius 2 is 2.00 bits per heavy atom. The predicted molar refractivity (Wildman–Crippen MR) is 99.6 cm³/mol. The van der Waals surface area contributed by atoms with Gasteiger partial charge in [-0.25, -0.2) is 0 Å². The van der Waals surface area contributed by atoms with E-state index in [1.807, 2.05) is 11.3 Å². The maximum absolute atomic E-state index is 12.4. The molecule has 1 aromatic heterocycles. The Kier molecular flexibility index (Phi) is 4.77. The van der Waals surface area contributed by atoms with E-state index < -0.39 is 0 Å². The lowest BCUT2D eigenvalue weighted by atomic mass is 9.89. The summed E-state index contributed by atoms with van der Waals surface area (Å²) in [5, 5.41) is 4.33. The summed E-state index contributed by atoms with van der Waals surface area (Å²) in [4.78, 5) is 16.2. The fourth-order valence-electron chi connectivity index (χ4n) is 4.55. The first-order valence-corrected chi connectivity index (χ1v) is 10.4. The van der Waals surface area contributed by atoms with Crippen LogP contribution in [0.2, 0.25) is 0 Å². The third kappa shape index (κ3) is 3.09. The van der Waals surface area contributed by atoms with Crippen molar-refractivity contribution in [3.8, 4) is 0 Å². The lowest BCUT2D eigenvalue weighted by molar-refractivity contribution is -0.178. The van der Waals surface area contributed by atoms with E-state index in [2.05, 4.69) is 24.1 Å². The summed E-state index contributed by atoms with van der Waals surface area (Å²) in [7, 11) is 0. The number of anilines is 1. The van der Waals surface area contributed by atoms with Crippen LogP contribution in [0.25, 0.3) is 0 Å². The Bertz CT molecular complexity index is 641. The number of aryl methyl sites for hydroxylation is 1. The van der Waals surface area contributed by atoms with Crippen LogP contribution in [-0.2, 0) is 15.9 Å². The molecule has 6 heteroatoms. The number of hydrogen-bond donors (Lipinski definition) is 1. The fourth-order valence-corrected chi connectivity index (χ4v) is 6.03. The molecule has 4 rings (SSSR count). The second-order valence-electron chi connectivity index (χ2n) is 7.31. The SMILES string of the molecule is CCN(c1sc2c(c1C)C(=O)NCCC2)C1CCC2(CC1)OCCO2. The van der Waals surface area contributed by atoms with E-state index in [-0.39, 0.29) is 11.7 Å². The number of ether oxygens (including phenoxy) is 2. The predicted octanol–water partition coefficient (Wildman–Crippen LogP) is 3.24. The van der Waals surface area contributed by atoms with Crippen LogP contribution in [0.1, 0.15) is 59.8 Å². The van der Waals surface area contributed by atoms with Gasteiger partial charge < -0.3 is 19.7 Å². The number of nitrogens with zero attached hydrogens (tertiary/aromatic N) is 1. The number of amides is 1. The minimum Gasteiger partial charge on any atom is -0.360 e. The maximum atomic E-state index is 12.4. The molecule has 1 aromatic rings. The van der Waals surface area contributed by atoms with E-state index in [0.717, 1.165) is 76.0 Å². The fraction of sp³-hybridized carbons (Fsp3) is 0.737. The molecule has 25 heavy (non-hydrogen) atoms. The van der Waals surface area contributed by atoms with Crippen LogP contribution in [0.3, 0.4) is 0 Å². The highest BCUT2D eigenvalue weighted by Gasteiger charge is 2.42. The summed E-state index contributed by atoms with van der Waals surface area (Å²) in [5.74, 6) is -0.198. The molecule has 0 unspecified atom stereocenters. The molecule has 138 valence electrons. The molecule has 1 saturated carbocycles. The Balaban J connectivity index is 1.56. The molecule has 3 heterocycles. The minimum absolute atomic E-state index is 0.110. The van der Waals surface area contributed by atoms with Gasteiger partial charge in [0, 0.05) is 36.9 Å². The van der Waals surface area contributed by atoms with E-state index in [1.165, 1.54) is 9.88 Å². The van der Waals surface area contributed by atoms with Crippen molar-refractivity contribution in [2.24, 2.45) is 0 Å². The molecular weight excluding hydrogens is 336 g/mol. The van der Waals surface area contributed by atoms with Crippen molar-refractivity contribution in [1.82, 2.24) is 5.32 Å². The van der Waals surface area contributed by atoms with Crippen molar-refractivity contribution >= 4 is 22.2 Å². The van der Waals surface area contributed by atoms with Gasteiger partial charge in [-0.2, -0.15) is 0 Å². The molecule has 1 amide bonds. The van der Waals surface area contributed by atoms with Gasteiger partial charge in [0.2, 0.25) is 0 Å². The van der Waals surface area contributed by atoms with Crippen LogP contribution >= 0.6 is 11.3 Å². The molecule has 0 atom stereocenters. The number of carbonyl (C=O) groups excluding carboxylic acids is 1. The zero-order valence-corrected chi connectivity index (χ0v) is 16.0. The normalized spacial score (nSPS) is 23.4. The molecule has 3 aliphatic rings. The number of thiophene rings is 1. The summed E-state index contributed by atoms with van der Waals surface area (Å²) in [6.07, 6.45) is 6.15. The van der Waals surface area contributed by atoms with Gasteiger partial charge in [-0.05, 0) is 45.1 Å². The lowest BCUT2D eigenvalue weighted by Gasteiger charge is -2.41. The minimum atomic E-state index is -0.308. The molecule has 1 saturated heterocycles. The Morgan fingerprint density at radius 3 is 2.68 bits per heavy atom. The maximum Gasteiger partial charge on any atom is 0.252 e. The van der Waals surface area contributed by atoms with Gasteiger partial charge in [-0.15, -0.1) is 11.3 Å². The third-order valence-electron chi connectivity index (χ3n) is 5.86. The van der Waals surface area contributed by atoms with Crippen LogP contribution in [-0.4, -0.2) is 44.0 Å². The van der Waals surface area contributed by atoms with Crippen molar-refractivity contribution < 1.29 is 14.3 Å². The smallest absolute Gasteiger partial charge is 0.252 e. The quantitative estimate of drug-likeness (QED) is 0.895. The van der Waals surface area contributed by atoms with Gasteiger partial charge in [-0.3, -0.25) is 4.79 Å². The summed E-state index contributed by atoms with van der Waals surface area (Å²) in [6, 6.07) is 0.507. The highest BCUT2D eigenvalue weighted by Crippen LogP contribution is 2.42. The third-order valence-corrected chi connectivity index (χ3v) is 7.25. The van der Waals surface area contributed by atoms with E-state index >= 15 is 0 Å². The topological polar surface area (TPSA) is 50.8 Å². The number of nitrogens with one attached hydrogen (secondary N) is 1. The van der Waals surface area contributed by atoms with Gasteiger partial charge in [0.1, 0.15) is 0 Å². The summed E-state index contributed by atoms with van der Waals surface area (Å²) in [6.45, 7) is 7.56. The Morgan fingerprint density at radius 1 is 1.28 bits per heavy atom. The Labute approximate surface area is 153 Å². The molecular formula is C19H28N2O3S. The average molecular weight is 365 g/mol. The summed E-state index contributed by atoms with van der Waals surface area (Å²) < 4.78 is 11.8. The molecule has 5 nitrogen and oxygen atoms in total. The molecule has 1 aliphatic carbocycles. The first-order chi connectivity index (χ1) is 12.1. The van der Waals surface area contributed by atoms with Crippen LogP contribution in [0.5, 0.6) is 0 Å². The van der Waals surface area contributed by atoms with Crippen molar-refractivity contribution in [3.63, 3.8) is 0 Å². The molecule has 0 radical (unpaired) electrons. The number of carbonyl (C=O) groups is 1. The van der Waals surface area contributed by atoms with Crippen molar-refractivity contribution in [2.45, 2.75) is 64.2 Å². The van der Waals surface area contributed by atoms with Gasteiger partial charge >= 0.3 is 0 Å². The summed E-state index contributed by atoms with van der Waals surface area (Å²) >= 11 is 1.83. The van der Waals surface area contributed by atoms with E-state index in [9.17, 15) is 4.79 Å². The first-order valence-electron chi connectivity index (χ1n) is 9.58. The molecule has 1 N–H and O–H groups in total. The van der Waals surface area contributed by atoms with E-state index in [0.29, 0.717) is 6.04 Å². The van der Waals surface area contributed by atoms with E-state index in [4.69, 9.17) is 9.47 Å². The standard InChI is InChI=1S/C19H28N2O3S/c1-3-21(14-6-8-19(9-7-14)23-11-12-24-19)18-13(2)16-15(25-18)5-4-10-20-17(16)22/h14H,3-12H2,1-2H3,(H,20,22). The number of fused-ring (bicyclic) bond motifs is 1. The molecule has 0 aromatic carbocycles. The average Bonchev–Trinajstić information content (AvgIpc) is 3.14. The van der Waals surface area contributed by atoms with Crippen LogP contribution in [0, 0.1) is 6.92 Å². The van der Waals surface area contributed by atoms with E-state index in [1.54, 1.807) is 0 Å². The largest absolute Gasteiger partial charge is 0.360 e. The number of hydrogen-bond acceptors (Lipinski definition) is 5. The highest BCUT2D eigenvalue weighted by molar-refractivity contribution is 7.16. The lowest BCUT2D eigenvalue weighted by Crippen LogP contribution is -2.44. The molecule has 1 spiro atoms. The molecule has 2 aliphatic heterocycles. The van der Waals surface area contributed by atoms with Gasteiger partial charge in [0.15, 0.2) is 5.79 Å². The van der Waals surface area contributed by atoms with Crippen molar-refractivity contribution in [3.05, 3.63) is 16.0 Å². The Hall–Kier alpha value is -1.11. The van der Waals surface area contributed by atoms with Crippen molar-refractivity contribution in [2.75, 3.05) is 31.2 Å². The monoisotopic (exact) mass is 364 g/mol. The zero-order chi connectivity index (χ0) is 17.4. The highest BCUT2D eigenvalue weighted by atomic mass is 32.1. The van der Waals surface area contributed by atoms with Crippen molar-refractivity contribution in [1.29, 1.82) is 0 Å². The first kappa shape index (κ1) is 17.3. The van der Waals surface area contributed by atoms with Crippen LogP contribution in [0.4, 0.5) is 5.00 Å². The number of rotatable bonds is 3. The molecule has 2 fully saturated rings. The van der Waals surface area contributed by atoms with Crippen LogP contribution in [0.15, 0.2) is 0 Å². The molecule has 0 bridgehead atoms. The van der Waals surface area contributed by atoms with Gasteiger partial charge in [0.25, 0.3) is 5.91 Å². The van der Waals surface area contributed by atoms with Gasteiger partial charge in [0.05, 0.1) is 23.8 Å². The van der Waals surface area contributed by atoms with Gasteiger partial charge in [-0.1, -0.05) is 0 Å². The summed E-state index contributed by atoms with van der Waals surface area (Å²) in [5.41, 5.74) is 2.10. The second kappa shape index (κ2) is 6.89. The van der Waals surface area contributed by atoms with Crippen LogP contribution < -0.4 is 10.2 Å².